The molecule has 5 nitrogen and oxygen atoms in total. The fraction of sp³-hybridized carbons (Fsp3) is 0.615. The molecule has 2 rings (SSSR count). The summed E-state index contributed by atoms with van der Waals surface area (Å²) in [6.07, 6.45) is 6.58. The summed E-state index contributed by atoms with van der Waals surface area (Å²) in [5.41, 5.74) is 0.388. The first-order valence-electron chi connectivity index (χ1n) is 6.61. The molecule has 0 aliphatic heterocycles. The molecule has 1 aromatic rings. The van der Waals surface area contributed by atoms with E-state index >= 15 is 0 Å². The number of carbonyl (C=O) groups excluding carboxylic acids is 1. The molecule has 0 saturated heterocycles. The second-order valence-corrected chi connectivity index (χ2v) is 4.68. The van der Waals surface area contributed by atoms with Crippen LogP contribution in [0.1, 0.15) is 43.6 Å². The molecule has 1 aliphatic rings. The molecule has 2 N–H and O–H groups in total. The van der Waals surface area contributed by atoms with Crippen molar-refractivity contribution in [2.24, 2.45) is 5.92 Å². The number of rotatable bonds is 6. The standard InChI is InChI=1S/C13H20N4O/c1-3-5-9-6-10(9)17-13(18)11-7-16-12(8-15-11)14-4-2/h7-10H,3-6H2,1-2H3,(H,14,16)(H,17,18). The van der Waals surface area contributed by atoms with Crippen LogP contribution in [0.2, 0.25) is 0 Å². The molecule has 1 heterocycles. The van der Waals surface area contributed by atoms with Gasteiger partial charge in [0.15, 0.2) is 0 Å². The summed E-state index contributed by atoms with van der Waals surface area (Å²) < 4.78 is 0. The van der Waals surface area contributed by atoms with Crippen LogP contribution in [0.5, 0.6) is 0 Å². The molecule has 98 valence electrons. The third-order valence-corrected chi connectivity index (χ3v) is 3.14. The Morgan fingerprint density at radius 3 is 2.83 bits per heavy atom. The number of hydrogen-bond acceptors (Lipinski definition) is 4. The second kappa shape index (κ2) is 5.80. The molecule has 2 atom stereocenters. The number of carbonyl (C=O) groups is 1. The van der Waals surface area contributed by atoms with Gasteiger partial charge in [0.2, 0.25) is 0 Å². The first-order valence-corrected chi connectivity index (χ1v) is 6.61. The highest BCUT2D eigenvalue weighted by molar-refractivity contribution is 5.92. The van der Waals surface area contributed by atoms with Crippen LogP contribution in [-0.2, 0) is 0 Å². The number of aromatic nitrogens is 2. The summed E-state index contributed by atoms with van der Waals surface area (Å²) in [7, 11) is 0. The Hall–Kier alpha value is -1.65. The summed E-state index contributed by atoms with van der Waals surface area (Å²) >= 11 is 0. The zero-order valence-corrected chi connectivity index (χ0v) is 10.9. The quantitative estimate of drug-likeness (QED) is 0.806. The van der Waals surface area contributed by atoms with Gasteiger partial charge in [0, 0.05) is 12.6 Å². The zero-order valence-electron chi connectivity index (χ0n) is 10.9. The number of amides is 1. The van der Waals surface area contributed by atoms with Gasteiger partial charge in [0.1, 0.15) is 11.5 Å². The maximum atomic E-state index is 11.9. The van der Waals surface area contributed by atoms with E-state index in [0.717, 1.165) is 13.0 Å². The van der Waals surface area contributed by atoms with Gasteiger partial charge in [-0.2, -0.15) is 0 Å². The molecule has 5 heteroatoms. The monoisotopic (exact) mass is 248 g/mol. The van der Waals surface area contributed by atoms with Gasteiger partial charge in [-0.25, -0.2) is 9.97 Å². The number of anilines is 1. The Labute approximate surface area is 107 Å². The van der Waals surface area contributed by atoms with Gasteiger partial charge in [-0.15, -0.1) is 0 Å². The van der Waals surface area contributed by atoms with E-state index < -0.39 is 0 Å². The van der Waals surface area contributed by atoms with Crippen molar-refractivity contribution in [2.45, 2.75) is 39.2 Å². The molecule has 1 saturated carbocycles. The van der Waals surface area contributed by atoms with Crippen molar-refractivity contribution in [3.63, 3.8) is 0 Å². The van der Waals surface area contributed by atoms with Crippen LogP contribution < -0.4 is 10.6 Å². The van der Waals surface area contributed by atoms with Crippen LogP contribution in [0.3, 0.4) is 0 Å². The molecule has 0 aromatic carbocycles. The lowest BCUT2D eigenvalue weighted by atomic mass is 10.2. The summed E-state index contributed by atoms with van der Waals surface area (Å²) in [5.74, 6) is 1.24. The van der Waals surface area contributed by atoms with E-state index in [-0.39, 0.29) is 5.91 Å². The average Bonchev–Trinajstić information content (AvgIpc) is 3.09. The van der Waals surface area contributed by atoms with Crippen molar-refractivity contribution < 1.29 is 4.79 Å². The Kier molecular flexibility index (Phi) is 4.12. The van der Waals surface area contributed by atoms with Gasteiger partial charge in [0.25, 0.3) is 5.91 Å². The summed E-state index contributed by atoms with van der Waals surface area (Å²) in [5, 5.41) is 6.04. The minimum Gasteiger partial charge on any atom is -0.369 e. The fourth-order valence-corrected chi connectivity index (χ4v) is 2.07. The van der Waals surface area contributed by atoms with Gasteiger partial charge in [-0.1, -0.05) is 13.3 Å². The van der Waals surface area contributed by atoms with E-state index in [2.05, 4.69) is 27.5 Å². The third-order valence-electron chi connectivity index (χ3n) is 3.14. The molecule has 1 aromatic heterocycles. The normalized spacial score (nSPS) is 21.4. The minimum atomic E-state index is -0.117. The zero-order chi connectivity index (χ0) is 13.0. The van der Waals surface area contributed by atoms with Gasteiger partial charge in [0.05, 0.1) is 12.4 Å². The maximum absolute atomic E-state index is 11.9. The van der Waals surface area contributed by atoms with Crippen LogP contribution in [-0.4, -0.2) is 28.5 Å². The van der Waals surface area contributed by atoms with E-state index in [0.29, 0.717) is 23.5 Å². The molecule has 1 amide bonds. The van der Waals surface area contributed by atoms with Crippen LogP contribution >= 0.6 is 0 Å². The minimum absolute atomic E-state index is 0.117. The Bertz CT molecular complexity index is 404. The molecule has 18 heavy (non-hydrogen) atoms. The lowest BCUT2D eigenvalue weighted by molar-refractivity contribution is 0.0943. The largest absolute Gasteiger partial charge is 0.369 e. The van der Waals surface area contributed by atoms with E-state index in [1.807, 2.05) is 6.92 Å². The summed E-state index contributed by atoms with van der Waals surface area (Å²) in [6.45, 7) is 4.95. The molecule has 1 aliphatic carbocycles. The summed E-state index contributed by atoms with van der Waals surface area (Å²) in [4.78, 5) is 20.1. The average molecular weight is 248 g/mol. The fourth-order valence-electron chi connectivity index (χ4n) is 2.07. The van der Waals surface area contributed by atoms with Crippen LogP contribution in [0.15, 0.2) is 12.4 Å². The SMILES string of the molecule is CCCC1CC1NC(=O)c1cnc(NCC)cn1. The van der Waals surface area contributed by atoms with Gasteiger partial charge >= 0.3 is 0 Å². The second-order valence-electron chi connectivity index (χ2n) is 4.68. The number of hydrogen-bond donors (Lipinski definition) is 2. The predicted molar refractivity (Wildman–Crippen MR) is 70.5 cm³/mol. The van der Waals surface area contributed by atoms with Gasteiger partial charge in [-0.05, 0) is 25.7 Å². The highest BCUT2D eigenvalue weighted by Gasteiger charge is 2.37. The highest BCUT2D eigenvalue weighted by atomic mass is 16.2. The van der Waals surface area contributed by atoms with Crippen molar-refractivity contribution in [3.8, 4) is 0 Å². The molecular formula is C13H20N4O. The van der Waals surface area contributed by atoms with E-state index in [9.17, 15) is 4.79 Å². The maximum Gasteiger partial charge on any atom is 0.271 e. The van der Waals surface area contributed by atoms with Crippen molar-refractivity contribution in [1.29, 1.82) is 0 Å². The van der Waals surface area contributed by atoms with Crippen LogP contribution in [0.4, 0.5) is 5.82 Å². The van der Waals surface area contributed by atoms with E-state index in [1.165, 1.54) is 19.0 Å². The molecular weight excluding hydrogens is 228 g/mol. The first kappa shape index (κ1) is 12.8. The summed E-state index contributed by atoms with van der Waals surface area (Å²) in [6, 6.07) is 0.340. The van der Waals surface area contributed by atoms with Crippen molar-refractivity contribution in [3.05, 3.63) is 18.1 Å². The molecule has 1 fully saturated rings. The van der Waals surface area contributed by atoms with Crippen molar-refractivity contribution in [1.82, 2.24) is 15.3 Å². The number of nitrogens with zero attached hydrogens (tertiary/aromatic N) is 2. The predicted octanol–water partition coefficient (Wildman–Crippen LogP) is 1.83. The smallest absolute Gasteiger partial charge is 0.271 e. The van der Waals surface area contributed by atoms with E-state index in [1.54, 1.807) is 6.20 Å². The van der Waals surface area contributed by atoms with E-state index in [4.69, 9.17) is 0 Å². The molecule has 2 unspecified atom stereocenters. The van der Waals surface area contributed by atoms with Crippen LogP contribution in [0, 0.1) is 5.92 Å². The molecule has 0 bridgehead atoms. The Balaban J connectivity index is 1.85. The van der Waals surface area contributed by atoms with Crippen molar-refractivity contribution >= 4 is 11.7 Å². The lowest BCUT2D eigenvalue weighted by Gasteiger charge is -2.05. The number of nitrogens with one attached hydrogen (secondary N) is 2. The molecule has 0 spiro atoms. The lowest BCUT2D eigenvalue weighted by Crippen LogP contribution is -2.27. The van der Waals surface area contributed by atoms with Gasteiger partial charge in [-0.3, -0.25) is 4.79 Å². The topological polar surface area (TPSA) is 66.9 Å². The van der Waals surface area contributed by atoms with Crippen molar-refractivity contribution in [2.75, 3.05) is 11.9 Å². The first-order chi connectivity index (χ1) is 8.74. The highest BCUT2D eigenvalue weighted by Crippen LogP contribution is 2.34. The third kappa shape index (κ3) is 3.18. The van der Waals surface area contributed by atoms with Gasteiger partial charge < -0.3 is 10.6 Å². The molecule has 0 radical (unpaired) electrons. The Morgan fingerprint density at radius 1 is 1.39 bits per heavy atom. The van der Waals surface area contributed by atoms with Crippen LogP contribution in [0.25, 0.3) is 0 Å². The Morgan fingerprint density at radius 2 is 2.22 bits per heavy atom.